The molecule has 5 rings (SSSR count). The highest BCUT2D eigenvalue weighted by Crippen LogP contribution is 2.29. The van der Waals surface area contributed by atoms with E-state index < -0.39 is 5.82 Å². The standard InChI is InChI=1S/C28H30FN7O3.ClH/c1-18-14-20(5-6-21(18)28(38)35-12-10-34(11-13-35)25(37)17-30-2)33-26-27-32-16-23(36(27)9-8-31-26)19-4-7-24(39-3)22(29)15-19;/h4-9,14-16,30H,10-13,17H2,1-3H3,(H,31,33);1H. The Bertz CT molecular complexity index is 1540. The maximum Gasteiger partial charge on any atom is 0.254 e. The van der Waals surface area contributed by atoms with Gasteiger partial charge in [0.1, 0.15) is 0 Å². The predicted molar refractivity (Wildman–Crippen MR) is 153 cm³/mol. The molecule has 10 nitrogen and oxygen atoms in total. The van der Waals surface area contributed by atoms with E-state index >= 15 is 0 Å². The number of imidazole rings is 1. The number of rotatable bonds is 7. The number of nitrogens with zero attached hydrogens (tertiary/aromatic N) is 5. The predicted octanol–water partition coefficient (Wildman–Crippen LogP) is 3.52. The number of carbonyl (C=O) groups excluding carboxylic acids is 2. The molecular weight excluding hydrogens is 537 g/mol. The third-order valence-electron chi connectivity index (χ3n) is 6.84. The Balaban J connectivity index is 0.00000370. The normalized spacial score (nSPS) is 13.2. The van der Waals surface area contributed by atoms with Gasteiger partial charge in [-0.05, 0) is 55.9 Å². The number of fused-ring (bicyclic) bond motifs is 1. The number of anilines is 2. The van der Waals surface area contributed by atoms with Crippen LogP contribution in [0, 0.1) is 12.7 Å². The van der Waals surface area contributed by atoms with Gasteiger partial charge in [-0.2, -0.15) is 0 Å². The van der Waals surface area contributed by atoms with Crippen LogP contribution in [0.4, 0.5) is 15.9 Å². The Morgan fingerprint density at radius 1 is 1.05 bits per heavy atom. The number of hydrogen-bond acceptors (Lipinski definition) is 7. The van der Waals surface area contributed by atoms with Crippen LogP contribution in [0.1, 0.15) is 15.9 Å². The number of nitrogens with one attached hydrogen (secondary N) is 2. The van der Waals surface area contributed by atoms with E-state index in [9.17, 15) is 14.0 Å². The fraction of sp³-hybridized carbons (Fsp3) is 0.286. The number of ether oxygens (including phenoxy) is 1. The maximum absolute atomic E-state index is 14.3. The molecule has 0 aliphatic carbocycles. The van der Waals surface area contributed by atoms with Crippen molar-refractivity contribution in [3.63, 3.8) is 0 Å². The van der Waals surface area contributed by atoms with Crippen molar-refractivity contribution < 1.29 is 18.7 Å². The van der Waals surface area contributed by atoms with Crippen molar-refractivity contribution in [1.82, 2.24) is 29.5 Å². The molecular formula is C28H31ClFN7O3. The molecule has 0 bridgehead atoms. The number of halogens is 2. The highest BCUT2D eigenvalue weighted by atomic mass is 35.5. The number of aromatic nitrogens is 3. The van der Waals surface area contributed by atoms with E-state index in [1.54, 1.807) is 53.6 Å². The summed E-state index contributed by atoms with van der Waals surface area (Å²) < 4.78 is 21.2. The second-order valence-electron chi connectivity index (χ2n) is 9.32. The lowest BCUT2D eigenvalue weighted by Crippen LogP contribution is -2.52. The quantitative estimate of drug-likeness (QED) is 0.352. The largest absolute Gasteiger partial charge is 0.494 e. The van der Waals surface area contributed by atoms with Crippen molar-refractivity contribution in [3.8, 4) is 17.0 Å². The van der Waals surface area contributed by atoms with Gasteiger partial charge in [0, 0.05) is 55.4 Å². The third-order valence-corrected chi connectivity index (χ3v) is 6.84. The zero-order valence-corrected chi connectivity index (χ0v) is 23.3. The lowest BCUT2D eigenvalue weighted by Gasteiger charge is -2.35. The Labute approximate surface area is 237 Å². The van der Waals surface area contributed by atoms with E-state index in [0.29, 0.717) is 61.0 Å². The minimum atomic E-state index is -0.452. The molecule has 1 fully saturated rings. The van der Waals surface area contributed by atoms with Gasteiger partial charge in [-0.15, -0.1) is 12.4 Å². The molecule has 40 heavy (non-hydrogen) atoms. The topological polar surface area (TPSA) is 104 Å². The number of hydrogen-bond donors (Lipinski definition) is 2. The first-order valence-corrected chi connectivity index (χ1v) is 12.6. The maximum atomic E-state index is 14.3. The lowest BCUT2D eigenvalue weighted by atomic mass is 10.1. The van der Waals surface area contributed by atoms with Gasteiger partial charge in [-0.1, -0.05) is 0 Å². The number of amides is 2. The fourth-order valence-electron chi connectivity index (χ4n) is 4.76. The van der Waals surface area contributed by atoms with Gasteiger partial charge in [0.15, 0.2) is 23.0 Å². The van der Waals surface area contributed by atoms with E-state index in [1.807, 2.05) is 23.5 Å². The molecule has 12 heteroatoms. The summed E-state index contributed by atoms with van der Waals surface area (Å²) >= 11 is 0. The first kappa shape index (κ1) is 28.8. The molecule has 0 spiro atoms. The summed E-state index contributed by atoms with van der Waals surface area (Å²) in [4.78, 5) is 37.8. The molecule has 1 aliphatic rings. The Hall–Kier alpha value is -4.22. The number of likely N-dealkylation sites (N-methyl/N-ethyl adjacent to an activating group) is 1. The smallest absolute Gasteiger partial charge is 0.254 e. The summed E-state index contributed by atoms with van der Waals surface area (Å²) in [5, 5.41) is 6.17. The minimum Gasteiger partial charge on any atom is -0.494 e. The monoisotopic (exact) mass is 567 g/mol. The highest BCUT2D eigenvalue weighted by molar-refractivity contribution is 5.96. The van der Waals surface area contributed by atoms with E-state index in [1.165, 1.54) is 13.2 Å². The van der Waals surface area contributed by atoms with E-state index in [0.717, 1.165) is 11.3 Å². The van der Waals surface area contributed by atoms with Crippen LogP contribution >= 0.6 is 12.4 Å². The number of methoxy groups -OCH3 is 1. The summed E-state index contributed by atoms with van der Waals surface area (Å²) in [5.41, 5.74) is 4.14. The molecule has 0 atom stereocenters. The molecule has 4 aromatic rings. The van der Waals surface area contributed by atoms with Gasteiger partial charge in [-0.3, -0.25) is 14.0 Å². The van der Waals surface area contributed by atoms with Crippen molar-refractivity contribution in [3.05, 3.63) is 71.9 Å². The average Bonchev–Trinajstić information content (AvgIpc) is 3.38. The van der Waals surface area contributed by atoms with Crippen molar-refractivity contribution in [2.24, 2.45) is 0 Å². The highest BCUT2D eigenvalue weighted by Gasteiger charge is 2.25. The van der Waals surface area contributed by atoms with E-state index in [4.69, 9.17) is 4.74 Å². The molecule has 3 heterocycles. The fourth-order valence-corrected chi connectivity index (χ4v) is 4.76. The Morgan fingerprint density at radius 3 is 2.48 bits per heavy atom. The molecule has 2 aromatic carbocycles. The number of aryl methyl sites for hydroxylation is 1. The van der Waals surface area contributed by atoms with Crippen molar-refractivity contribution in [1.29, 1.82) is 0 Å². The van der Waals surface area contributed by atoms with Crippen LogP contribution in [0.3, 0.4) is 0 Å². The van der Waals surface area contributed by atoms with Gasteiger partial charge in [0.25, 0.3) is 5.91 Å². The van der Waals surface area contributed by atoms with Crippen molar-refractivity contribution in [2.75, 3.05) is 52.2 Å². The summed E-state index contributed by atoms with van der Waals surface area (Å²) in [6, 6.07) is 10.3. The molecule has 210 valence electrons. The lowest BCUT2D eigenvalue weighted by molar-refractivity contribution is -0.131. The first-order valence-electron chi connectivity index (χ1n) is 12.6. The average molecular weight is 568 g/mol. The van der Waals surface area contributed by atoms with E-state index in [-0.39, 0.29) is 30.0 Å². The number of benzene rings is 2. The summed E-state index contributed by atoms with van der Waals surface area (Å²) in [6.07, 6.45) is 5.08. The summed E-state index contributed by atoms with van der Waals surface area (Å²) in [5.74, 6) is 0.242. The molecule has 1 saturated heterocycles. The van der Waals surface area contributed by atoms with Crippen LogP contribution in [0.5, 0.6) is 5.75 Å². The Morgan fingerprint density at radius 2 is 1.80 bits per heavy atom. The van der Waals surface area contributed by atoms with Gasteiger partial charge in [0.05, 0.1) is 25.5 Å². The second kappa shape index (κ2) is 12.3. The van der Waals surface area contributed by atoms with Crippen LogP contribution < -0.4 is 15.4 Å². The SMILES string of the molecule is CNCC(=O)N1CCN(C(=O)c2ccc(Nc3nccn4c(-c5ccc(OC)c(F)c5)cnc34)cc2C)CC1.Cl. The van der Waals surface area contributed by atoms with Crippen LogP contribution in [0.25, 0.3) is 16.9 Å². The third kappa shape index (κ3) is 5.70. The van der Waals surface area contributed by atoms with Crippen LogP contribution in [0.15, 0.2) is 55.0 Å². The number of piperazine rings is 1. The second-order valence-corrected chi connectivity index (χ2v) is 9.32. The van der Waals surface area contributed by atoms with E-state index in [2.05, 4.69) is 20.6 Å². The summed E-state index contributed by atoms with van der Waals surface area (Å²) in [7, 11) is 3.17. The minimum absolute atomic E-state index is 0. The van der Waals surface area contributed by atoms with Gasteiger partial charge < -0.3 is 25.2 Å². The molecule has 2 amide bonds. The molecule has 2 N–H and O–H groups in total. The summed E-state index contributed by atoms with van der Waals surface area (Å²) in [6.45, 7) is 4.24. The van der Waals surface area contributed by atoms with Gasteiger partial charge in [0.2, 0.25) is 5.91 Å². The molecule has 0 saturated carbocycles. The molecule has 2 aromatic heterocycles. The molecule has 0 radical (unpaired) electrons. The zero-order chi connectivity index (χ0) is 27.5. The van der Waals surface area contributed by atoms with Crippen LogP contribution in [-0.2, 0) is 4.79 Å². The van der Waals surface area contributed by atoms with Gasteiger partial charge >= 0.3 is 0 Å². The van der Waals surface area contributed by atoms with Crippen molar-refractivity contribution >= 4 is 41.4 Å². The van der Waals surface area contributed by atoms with Crippen molar-refractivity contribution in [2.45, 2.75) is 6.92 Å². The zero-order valence-electron chi connectivity index (χ0n) is 22.5. The molecule has 1 aliphatic heterocycles. The van der Waals surface area contributed by atoms with Crippen LogP contribution in [-0.4, -0.2) is 82.9 Å². The molecule has 0 unspecified atom stereocenters. The Kier molecular flexibility index (Phi) is 8.86. The van der Waals surface area contributed by atoms with Gasteiger partial charge in [-0.25, -0.2) is 14.4 Å². The number of carbonyl (C=O) groups is 2. The first-order chi connectivity index (χ1) is 18.9. The van der Waals surface area contributed by atoms with Crippen LogP contribution in [0.2, 0.25) is 0 Å².